The maximum Gasteiger partial charge on any atom is 0.265 e. The van der Waals surface area contributed by atoms with E-state index in [9.17, 15) is 13.2 Å². The highest BCUT2D eigenvalue weighted by molar-refractivity contribution is 7.89. The van der Waals surface area contributed by atoms with Crippen LogP contribution in [0.5, 0.6) is 0 Å². The number of hydrogen-bond acceptors (Lipinski definition) is 5. The molecule has 26 heavy (non-hydrogen) atoms. The zero-order chi connectivity index (χ0) is 18.9. The summed E-state index contributed by atoms with van der Waals surface area (Å²) in [7, 11) is -2.41. The van der Waals surface area contributed by atoms with E-state index in [1.165, 1.54) is 16.8 Å². The highest BCUT2D eigenvalue weighted by Gasteiger charge is 2.27. The van der Waals surface area contributed by atoms with Crippen LogP contribution in [-0.4, -0.2) is 34.1 Å². The van der Waals surface area contributed by atoms with Crippen molar-refractivity contribution in [3.8, 4) is 0 Å². The van der Waals surface area contributed by atoms with Gasteiger partial charge in [0.15, 0.2) is 5.82 Å². The smallest absolute Gasteiger partial charge is 0.265 e. The van der Waals surface area contributed by atoms with Gasteiger partial charge in [-0.2, -0.15) is 9.82 Å². The fourth-order valence-electron chi connectivity index (χ4n) is 2.55. The summed E-state index contributed by atoms with van der Waals surface area (Å²) < 4.78 is 29.6. The van der Waals surface area contributed by atoms with Crippen molar-refractivity contribution in [3.63, 3.8) is 0 Å². The first kappa shape index (κ1) is 17.8. The number of primary amides is 1. The molecule has 1 unspecified atom stereocenters. The SMILES string of the molecule is Cc1nc(C(NS(=O)(=O)c2cc(C(N)=O)n(C)c2)c2ccccc2)n[nH]1. The molecule has 3 rings (SSSR count). The van der Waals surface area contributed by atoms with E-state index in [-0.39, 0.29) is 10.6 Å². The summed E-state index contributed by atoms with van der Waals surface area (Å²) in [6.45, 7) is 1.73. The minimum absolute atomic E-state index is 0.0676. The number of hydrogen-bond donors (Lipinski definition) is 3. The molecular formula is C16H18N6O3S. The number of aryl methyl sites for hydroxylation is 2. The number of aromatic amines is 1. The number of carbonyl (C=O) groups excluding carboxylic acids is 1. The van der Waals surface area contributed by atoms with Crippen LogP contribution in [0.25, 0.3) is 0 Å². The molecule has 0 bridgehead atoms. The standard InChI is InChI=1S/C16H18N6O3S/c1-10-18-16(20-19-10)14(11-6-4-3-5-7-11)21-26(24,25)12-8-13(15(17)23)22(2)9-12/h3-9,14,21H,1-2H3,(H2,17,23)(H,18,19,20). The van der Waals surface area contributed by atoms with Gasteiger partial charge in [-0.3, -0.25) is 9.89 Å². The van der Waals surface area contributed by atoms with Crippen LogP contribution in [0.3, 0.4) is 0 Å². The number of nitrogens with two attached hydrogens (primary N) is 1. The van der Waals surface area contributed by atoms with Crippen LogP contribution in [0.2, 0.25) is 0 Å². The summed E-state index contributed by atoms with van der Waals surface area (Å²) in [5.41, 5.74) is 6.03. The molecule has 0 aliphatic rings. The van der Waals surface area contributed by atoms with Crippen molar-refractivity contribution < 1.29 is 13.2 Å². The van der Waals surface area contributed by atoms with Gasteiger partial charge >= 0.3 is 0 Å². The second kappa shape index (κ2) is 6.73. The van der Waals surface area contributed by atoms with E-state index in [4.69, 9.17) is 5.73 Å². The summed E-state index contributed by atoms with van der Waals surface area (Å²) >= 11 is 0. The van der Waals surface area contributed by atoms with Gasteiger partial charge in [0, 0.05) is 13.2 Å². The van der Waals surface area contributed by atoms with Crippen molar-refractivity contribution in [3.05, 3.63) is 65.5 Å². The van der Waals surface area contributed by atoms with Crippen molar-refractivity contribution >= 4 is 15.9 Å². The molecule has 1 amide bonds. The zero-order valence-electron chi connectivity index (χ0n) is 14.2. The average molecular weight is 374 g/mol. The van der Waals surface area contributed by atoms with E-state index in [0.29, 0.717) is 17.2 Å². The van der Waals surface area contributed by atoms with Crippen LogP contribution in [0.4, 0.5) is 0 Å². The minimum atomic E-state index is -3.95. The maximum absolute atomic E-state index is 12.8. The number of carbonyl (C=O) groups is 1. The molecule has 2 heterocycles. The van der Waals surface area contributed by atoms with Crippen molar-refractivity contribution in [1.29, 1.82) is 0 Å². The van der Waals surface area contributed by atoms with Crippen molar-refractivity contribution in [2.75, 3.05) is 0 Å². The molecule has 0 saturated heterocycles. The van der Waals surface area contributed by atoms with E-state index in [2.05, 4.69) is 19.9 Å². The number of nitrogens with one attached hydrogen (secondary N) is 2. The first-order valence-corrected chi connectivity index (χ1v) is 9.18. The Balaban J connectivity index is 2.01. The van der Waals surface area contributed by atoms with E-state index in [1.54, 1.807) is 38.2 Å². The van der Waals surface area contributed by atoms with Crippen molar-refractivity contribution in [2.24, 2.45) is 12.8 Å². The highest BCUT2D eigenvalue weighted by Crippen LogP contribution is 2.23. The van der Waals surface area contributed by atoms with Crippen molar-refractivity contribution in [2.45, 2.75) is 17.9 Å². The Morgan fingerprint density at radius 3 is 2.54 bits per heavy atom. The predicted molar refractivity (Wildman–Crippen MR) is 93.7 cm³/mol. The number of sulfonamides is 1. The average Bonchev–Trinajstić information content (AvgIpc) is 3.20. The van der Waals surface area contributed by atoms with Gasteiger partial charge in [0.2, 0.25) is 10.0 Å². The summed E-state index contributed by atoms with van der Waals surface area (Å²) in [5, 5.41) is 6.79. The molecule has 3 aromatic rings. The molecule has 0 aliphatic carbocycles. The van der Waals surface area contributed by atoms with Gasteiger partial charge < -0.3 is 10.3 Å². The number of benzene rings is 1. The third-order valence-electron chi connectivity index (χ3n) is 3.82. The Kier molecular flexibility index (Phi) is 4.62. The third-order valence-corrected chi connectivity index (χ3v) is 5.21. The molecule has 10 heteroatoms. The van der Waals surface area contributed by atoms with E-state index in [1.807, 2.05) is 6.07 Å². The molecule has 0 saturated carbocycles. The van der Waals surface area contributed by atoms with E-state index >= 15 is 0 Å². The second-order valence-electron chi connectivity index (χ2n) is 5.78. The lowest BCUT2D eigenvalue weighted by Gasteiger charge is -2.16. The molecule has 0 fully saturated rings. The first-order chi connectivity index (χ1) is 12.3. The van der Waals surface area contributed by atoms with E-state index < -0.39 is 22.0 Å². The van der Waals surface area contributed by atoms with Crippen LogP contribution in [0.1, 0.15) is 33.7 Å². The van der Waals surface area contributed by atoms with Gasteiger partial charge in [-0.1, -0.05) is 30.3 Å². The summed E-state index contributed by atoms with van der Waals surface area (Å²) in [6, 6.07) is 9.42. The Hall–Kier alpha value is -2.98. The summed E-state index contributed by atoms with van der Waals surface area (Å²) in [4.78, 5) is 15.6. The van der Waals surface area contributed by atoms with Gasteiger partial charge in [-0.05, 0) is 18.6 Å². The third kappa shape index (κ3) is 3.51. The van der Waals surface area contributed by atoms with Crippen LogP contribution < -0.4 is 10.5 Å². The Morgan fingerprint density at radius 2 is 2.00 bits per heavy atom. The van der Waals surface area contributed by atoms with Crippen LogP contribution >= 0.6 is 0 Å². The lowest BCUT2D eigenvalue weighted by molar-refractivity contribution is 0.0992. The van der Waals surface area contributed by atoms with Gasteiger partial charge in [-0.25, -0.2) is 13.4 Å². The number of nitrogens with zero attached hydrogens (tertiary/aromatic N) is 3. The van der Waals surface area contributed by atoms with Crippen LogP contribution in [0.15, 0.2) is 47.5 Å². The minimum Gasteiger partial charge on any atom is -0.364 e. The molecule has 1 atom stereocenters. The maximum atomic E-state index is 12.8. The largest absolute Gasteiger partial charge is 0.364 e. The molecule has 136 valence electrons. The topological polar surface area (TPSA) is 136 Å². The fourth-order valence-corrected chi connectivity index (χ4v) is 3.81. The monoisotopic (exact) mass is 374 g/mol. The Bertz CT molecular complexity index is 1040. The summed E-state index contributed by atoms with van der Waals surface area (Å²) in [5.74, 6) is 0.150. The molecule has 9 nitrogen and oxygen atoms in total. The quantitative estimate of drug-likeness (QED) is 0.581. The van der Waals surface area contributed by atoms with Gasteiger partial charge in [0.25, 0.3) is 5.91 Å². The summed E-state index contributed by atoms with van der Waals surface area (Å²) in [6.07, 6.45) is 1.33. The Labute approximate surface area is 150 Å². The molecule has 2 aromatic heterocycles. The number of amides is 1. The molecule has 0 radical (unpaired) electrons. The van der Waals surface area contributed by atoms with E-state index in [0.717, 1.165) is 0 Å². The first-order valence-electron chi connectivity index (χ1n) is 7.70. The fraction of sp³-hybridized carbons (Fsp3) is 0.188. The molecule has 0 aliphatic heterocycles. The van der Waals surface area contributed by atoms with Crippen LogP contribution in [0, 0.1) is 6.92 Å². The number of aromatic nitrogens is 4. The van der Waals surface area contributed by atoms with Gasteiger partial charge in [0.1, 0.15) is 22.5 Å². The number of H-pyrrole nitrogens is 1. The molecule has 4 N–H and O–H groups in total. The molecule has 0 spiro atoms. The Morgan fingerprint density at radius 1 is 1.31 bits per heavy atom. The zero-order valence-corrected chi connectivity index (χ0v) is 15.0. The molecule has 1 aromatic carbocycles. The number of rotatable bonds is 6. The van der Waals surface area contributed by atoms with Crippen LogP contribution in [-0.2, 0) is 17.1 Å². The predicted octanol–water partition coefficient (Wildman–Crippen LogP) is 0.618. The highest BCUT2D eigenvalue weighted by atomic mass is 32.2. The van der Waals surface area contributed by atoms with Gasteiger partial charge in [0.05, 0.1) is 0 Å². The van der Waals surface area contributed by atoms with Crippen molar-refractivity contribution in [1.82, 2.24) is 24.5 Å². The second-order valence-corrected chi connectivity index (χ2v) is 7.49. The molecular weight excluding hydrogens is 356 g/mol. The lowest BCUT2D eigenvalue weighted by atomic mass is 10.1. The lowest BCUT2D eigenvalue weighted by Crippen LogP contribution is -2.30. The van der Waals surface area contributed by atoms with Gasteiger partial charge in [-0.15, -0.1) is 0 Å². The normalized spacial score (nSPS) is 12.8.